The summed E-state index contributed by atoms with van der Waals surface area (Å²) in [4.78, 5) is 4.32. The summed E-state index contributed by atoms with van der Waals surface area (Å²) < 4.78 is 37.3. The molecule has 1 N–H and O–H groups in total. The van der Waals surface area contributed by atoms with Crippen LogP contribution in [0.3, 0.4) is 0 Å². The van der Waals surface area contributed by atoms with Crippen LogP contribution in [0.2, 0.25) is 0 Å². The van der Waals surface area contributed by atoms with Gasteiger partial charge in [-0.2, -0.15) is 13.2 Å². The van der Waals surface area contributed by atoms with Crippen LogP contribution in [-0.4, -0.2) is 16.3 Å². The molecule has 6 heteroatoms. The standard InChI is InChI=1S/C13H10F3NOS/c14-13(15,16)12(18)11-7-9(5-6-17-11)8-1-3-10(19)4-2-8/h1-7,12,18-19H. The maximum absolute atomic E-state index is 12.4. The first kappa shape index (κ1) is 13.9. The highest BCUT2D eigenvalue weighted by Gasteiger charge is 2.40. The second-order valence-electron chi connectivity index (χ2n) is 3.96. The number of alkyl halides is 3. The molecule has 19 heavy (non-hydrogen) atoms. The molecule has 0 saturated carbocycles. The molecule has 0 radical (unpaired) electrons. The lowest BCUT2D eigenvalue weighted by molar-refractivity contribution is -0.207. The van der Waals surface area contributed by atoms with Crippen LogP contribution < -0.4 is 0 Å². The van der Waals surface area contributed by atoms with Crippen LogP contribution >= 0.6 is 12.6 Å². The zero-order valence-electron chi connectivity index (χ0n) is 9.59. The van der Waals surface area contributed by atoms with E-state index in [9.17, 15) is 18.3 Å². The van der Waals surface area contributed by atoms with Gasteiger partial charge in [0.1, 0.15) is 0 Å². The minimum Gasteiger partial charge on any atom is -0.378 e. The van der Waals surface area contributed by atoms with Crippen molar-refractivity contribution in [1.82, 2.24) is 4.98 Å². The third-order valence-corrected chi connectivity index (χ3v) is 2.87. The van der Waals surface area contributed by atoms with E-state index in [-0.39, 0.29) is 0 Å². The number of hydrogen-bond donors (Lipinski definition) is 2. The molecule has 1 unspecified atom stereocenters. The summed E-state index contributed by atoms with van der Waals surface area (Å²) in [6, 6.07) is 9.76. The molecule has 1 aromatic carbocycles. The lowest BCUT2D eigenvalue weighted by atomic mass is 10.0. The molecule has 0 saturated heterocycles. The molecule has 0 aliphatic heterocycles. The molecule has 0 aliphatic rings. The molecule has 2 nitrogen and oxygen atoms in total. The highest BCUT2D eigenvalue weighted by Crippen LogP contribution is 2.32. The summed E-state index contributed by atoms with van der Waals surface area (Å²) >= 11 is 4.13. The first-order valence-electron chi connectivity index (χ1n) is 5.38. The zero-order chi connectivity index (χ0) is 14.0. The third kappa shape index (κ3) is 3.27. The number of pyridine rings is 1. The molecular formula is C13H10F3NOS. The molecule has 1 aromatic heterocycles. The Labute approximate surface area is 113 Å². The van der Waals surface area contributed by atoms with Crippen molar-refractivity contribution in [1.29, 1.82) is 0 Å². The van der Waals surface area contributed by atoms with Crippen LogP contribution in [0.1, 0.15) is 11.8 Å². The Balaban J connectivity index is 2.37. The van der Waals surface area contributed by atoms with Gasteiger partial charge in [0.05, 0.1) is 5.69 Å². The molecule has 0 bridgehead atoms. The van der Waals surface area contributed by atoms with E-state index in [1.54, 1.807) is 30.3 Å². The largest absolute Gasteiger partial charge is 0.420 e. The predicted octanol–water partition coefficient (Wildman–Crippen LogP) is 3.63. The van der Waals surface area contributed by atoms with Gasteiger partial charge in [-0.1, -0.05) is 12.1 Å². The van der Waals surface area contributed by atoms with Gasteiger partial charge in [-0.25, -0.2) is 0 Å². The number of thiol groups is 1. The Hall–Kier alpha value is -1.53. The third-order valence-electron chi connectivity index (χ3n) is 2.57. The van der Waals surface area contributed by atoms with E-state index in [1.807, 2.05) is 0 Å². The highest BCUT2D eigenvalue weighted by molar-refractivity contribution is 7.80. The minimum absolute atomic E-state index is 0.417. The Morgan fingerprint density at radius 1 is 1.05 bits per heavy atom. The summed E-state index contributed by atoms with van der Waals surface area (Å²) in [5.74, 6) is 0. The number of nitrogens with zero attached hydrogens (tertiary/aromatic N) is 1. The number of rotatable bonds is 2. The maximum Gasteiger partial charge on any atom is 0.420 e. The highest BCUT2D eigenvalue weighted by atomic mass is 32.1. The minimum atomic E-state index is -4.72. The molecular weight excluding hydrogens is 275 g/mol. The molecule has 2 rings (SSSR count). The Morgan fingerprint density at radius 3 is 2.26 bits per heavy atom. The van der Waals surface area contributed by atoms with Gasteiger partial charge >= 0.3 is 6.18 Å². The second kappa shape index (κ2) is 5.22. The topological polar surface area (TPSA) is 33.1 Å². The molecule has 2 aromatic rings. The monoisotopic (exact) mass is 285 g/mol. The summed E-state index contributed by atoms with van der Waals surface area (Å²) in [5.41, 5.74) is 0.873. The second-order valence-corrected chi connectivity index (χ2v) is 4.48. The van der Waals surface area contributed by atoms with Crippen molar-refractivity contribution in [3.05, 3.63) is 48.3 Å². The van der Waals surface area contributed by atoms with Gasteiger partial charge < -0.3 is 5.11 Å². The van der Waals surface area contributed by atoms with Crippen molar-refractivity contribution in [2.45, 2.75) is 17.2 Å². The van der Waals surface area contributed by atoms with Crippen LogP contribution in [-0.2, 0) is 0 Å². The molecule has 0 spiro atoms. The fourth-order valence-corrected chi connectivity index (χ4v) is 1.75. The summed E-state index contributed by atoms with van der Waals surface area (Å²) in [6.07, 6.45) is -6.05. The molecule has 0 aliphatic carbocycles. The summed E-state index contributed by atoms with van der Waals surface area (Å²) in [6.45, 7) is 0. The van der Waals surface area contributed by atoms with Gasteiger partial charge in [-0.05, 0) is 35.4 Å². The van der Waals surface area contributed by atoms with E-state index in [0.717, 1.165) is 10.5 Å². The van der Waals surface area contributed by atoms with Crippen molar-refractivity contribution in [2.24, 2.45) is 0 Å². The normalized spacial score (nSPS) is 13.3. The molecule has 1 heterocycles. The molecule has 0 fully saturated rings. The van der Waals surface area contributed by atoms with Crippen molar-refractivity contribution in [3.8, 4) is 11.1 Å². The molecule has 1 atom stereocenters. The number of aliphatic hydroxyl groups is 1. The Kier molecular flexibility index (Phi) is 3.82. The van der Waals surface area contributed by atoms with Gasteiger partial charge in [0, 0.05) is 11.1 Å². The number of halogens is 3. The smallest absolute Gasteiger partial charge is 0.378 e. The van der Waals surface area contributed by atoms with Crippen molar-refractivity contribution in [2.75, 3.05) is 0 Å². The summed E-state index contributed by atoms with van der Waals surface area (Å²) in [5, 5.41) is 9.17. The number of aromatic nitrogens is 1. The van der Waals surface area contributed by atoms with Gasteiger partial charge in [-0.3, -0.25) is 4.98 Å². The van der Waals surface area contributed by atoms with E-state index in [2.05, 4.69) is 17.6 Å². The van der Waals surface area contributed by atoms with E-state index < -0.39 is 18.0 Å². The fraction of sp³-hybridized carbons (Fsp3) is 0.154. The Bertz CT molecular complexity index is 569. The zero-order valence-corrected chi connectivity index (χ0v) is 10.5. The van der Waals surface area contributed by atoms with Crippen molar-refractivity contribution in [3.63, 3.8) is 0 Å². The predicted molar refractivity (Wildman–Crippen MR) is 67.9 cm³/mol. The first-order chi connectivity index (χ1) is 8.88. The van der Waals surface area contributed by atoms with Crippen molar-refractivity contribution >= 4 is 12.6 Å². The lowest BCUT2D eigenvalue weighted by Crippen LogP contribution is -2.21. The van der Waals surface area contributed by atoms with Gasteiger partial charge in [0.15, 0.2) is 6.10 Å². The van der Waals surface area contributed by atoms with E-state index >= 15 is 0 Å². The first-order valence-corrected chi connectivity index (χ1v) is 5.83. The van der Waals surface area contributed by atoms with Crippen LogP contribution in [0.5, 0.6) is 0 Å². The average Bonchev–Trinajstić information content (AvgIpc) is 2.38. The van der Waals surface area contributed by atoms with E-state index in [4.69, 9.17) is 0 Å². The molecule has 100 valence electrons. The SMILES string of the molecule is OC(c1cc(-c2ccc(S)cc2)ccn1)C(F)(F)F. The quantitative estimate of drug-likeness (QED) is 0.826. The van der Waals surface area contributed by atoms with E-state index in [0.29, 0.717) is 5.56 Å². The number of aliphatic hydroxyl groups excluding tert-OH is 1. The fourth-order valence-electron chi connectivity index (χ4n) is 1.60. The average molecular weight is 285 g/mol. The van der Waals surface area contributed by atoms with Crippen LogP contribution in [0, 0.1) is 0 Å². The van der Waals surface area contributed by atoms with Crippen LogP contribution in [0.15, 0.2) is 47.5 Å². The number of hydrogen-bond acceptors (Lipinski definition) is 3. The van der Waals surface area contributed by atoms with E-state index in [1.165, 1.54) is 12.3 Å². The molecule has 0 amide bonds. The van der Waals surface area contributed by atoms with Gasteiger partial charge in [-0.15, -0.1) is 12.6 Å². The van der Waals surface area contributed by atoms with Crippen LogP contribution in [0.25, 0.3) is 11.1 Å². The number of benzene rings is 1. The van der Waals surface area contributed by atoms with Gasteiger partial charge in [0.25, 0.3) is 0 Å². The summed E-state index contributed by atoms with van der Waals surface area (Å²) in [7, 11) is 0. The maximum atomic E-state index is 12.4. The van der Waals surface area contributed by atoms with Gasteiger partial charge in [0.2, 0.25) is 0 Å². The van der Waals surface area contributed by atoms with Crippen LogP contribution in [0.4, 0.5) is 13.2 Å². The van der Waals surface area contributed by atoms with Crippen molar-refractivity contribution < 1.29 is 18.3 Å². The Morgan fingerprint density at radius 2 is 1.68 bits per heavy atom. The lowest BCUT2D eigenvalue weighted by Gasteiger charge is -2.14.